The lowest BCUT2D eigenvalue weighted by Gasteiger charge is -2.31. The van der Waals surface area contributed by atoms with E-state index >= 15 is 0 Å². The van der Waals surface area contributed by atoms with Gasteiger partial charge in [-0.3, -0.25) is 4.90 Å². The van der Waals surface area contributed by atoms with Gasteiger partial charge in [0.1, 0.15) is 0 Å². The van der Waals surface area contributed by atoms with E-state index in [0.29, 0.717) is 6.04 Å². The molecule has 0 heterocycles. The summed E-state index contributed by atoms with van der Waals surface area (Å²) in [4.78, 5) is 2.48. The molecule has 0 aliphatic carbocycles. The molecule has 20 heavy (non-hydrogen) atoms. The molecular formula is C18H32N2. The van der Waals surface area contributed by atoms with Gasteiger partial charge < -0.3 is 5.32 Å². The Hall–Kier alpha value is -0.860. The molecule has 1 aromatic rings. The number of nitrogens with zero attached hydrogens (tertiary/aromatic N) is 1. The zero-order chi connectivity index (χ0) is 15.2. The summed E-state index contributed by atoms with van der Waals surface area (Å²) >= 11 is 0. The Bertz CT molecular complexity index is 375. The molecule has 0 bridgehead atoms. The molecule has 1 rings (SSSR count). The predicted octanol–water partition coefficient (Wildman–Crippen LogP) is 3.98. The number of rotatable bonds is 7. The van der Waals surface area contributed by atoms with Crippen LogP contribution in [0.5, 0.6) is 0 Å². The van der Waals surface area contributed by atoms with Gasteiger partial charge >= 0.3 is 0 Å². The van der Waals surface area contributed by atoms with E-state index in [1.165, 1.54) is 24.0 Å². The maximum absolute atomic E-state index is 3.64. The molecule has 0 aliphatic heterocycles. The molecule has 2 nitrogen and oxygen atoms in total. The molecule has 0 aromatic heterocycles. The first kappa shape index (κ1) is 17.2. The average molecular weight is 276 g/mol. The minimum Gasteiger partial charge on any atom is -0.311 e. The Kier molecular flexibility index (Phi) is 6.70. The first-order valence-corrected chi connectivity index (χ1v) is 7.82. The highest BCUT2D eigenvalue weighted by Gasteiger charge is 2.17. The first-order chi connectivity index (χ1) is 9.31. The van der Waals surface area contributed by atoms with Crippen molar-refractivity contribution in [2.75, 3.05) is 13.6 Å². The molecule has 1 unspecified atom stereocenters. The molecule has 0 saturated carbocycles. The Morgan fingerprint density at radius 3 is 2.25 bits per heavy atom. The maximum atomic E-state index is 3.64. The largest absolute Gasteiger partial charge is 0.311 e. The summed E-state index contributed by atoms with van der Waals surface area (Å²) in [5, 5.41) is 3.64. The van der Waals surface area contributed by atoms with Gasteiger partial charge in [0.2, 0.25) is 0 Å². The van der Waals surface area contributed by atoms with Gasteiger partial charge in [0, 0.05) is 24.7 Å². The molecular weight excluding hydrogens is 244 g/mol. The summed E-state index contributed by atoms with van der Waals surface area (Å²) in [6.45, 7) is 13.2. The maximum Gasteiger partial charge on any atom is 0.0234 e. The molecule has 2 heteroatoms. The smallest absolute Gasteiger partial charge is 0.0234 e. The Balaban J connectivity index is 2.58. The first-order valence-electron chi connectivity index (χ1n) is 7.82. The van der Waals surface area contributed by atoms with Crippen molar-refractivity contribution < 1.29 is 0 Å². The Labute approximate surface area is 125 Å². The lowest BCUT2D eigenvalue weighted by Crippen LogP contribution is -2.46. The monoisotopic (exact) mass is 276 g/mol. The minimum atomic E-state index is 0.191. The van der Waals surface area contributed by atoms with E-state index in [1.54, 1.807) is 0 Å². The van der Waals surface area contributed by atoms with Crippen molar-refractivity contribution in [2.45, 2.75) is 65.6 Å². The zero-order valence-corrected chi connectivity index (χ0v) is 14.2. The minimum absolute atomic E-state index is 0.191. The summed E-state index contributed by atoms with van der Waals surface area (Å²) in [5.74, 6) is 0. The van der Waals surface area contributed by atoms with Gasteiger partial charge in [-0.15, -0.1) is 0 Å². The molecule has 0 spiro atoms. The number of aryl methyl sites for hydroxylation is 1. The van der Waals surface area contributed by atoms with Gasteiger partial charge in [-0.05, 0) is 46.7 Å². The normalized spacial score (nSPS) is 13.8. The third kappa shape index (κ3) is 6.53. The molecule has 1 aromatic carbocycles. The van der Waals surface area contributed by atoms with Crippen LogP contribution in [0.3, 0.4) is 0 Å². The summed E-state index contributed by atoms with van der Waals surface area (Å²) in [6.07, 6.45) is 2.47. The van der Waals surface area contributed by atoms with Crippen LogP contribution in [0, 0.1) is 6.92 Å². The highest BCUT2D eigenvalue weighted by atomic mass is 15.2. The lowest BCUT2D eigenvalue weighted by molar-refractivity contribution is 0.202. The van der Waals surface area contributed by atoms with E-state index in [4.69, 9.17) is 0 Å². The van der Waals surface area contributed by atoms with Crippen LogP contribution in [-0.4, -0.2) is 30.1 Å². The van der Waals surface area contributed by atoms with Crippen molar-refractivity contribution in [1.29, 1.82) is 0 Å². The van der Waals surface area contributed by atoms with Crippen molar-refractivity contribution in [1.82, 2.24) is 10.2 Å². The quantitative estimate of drug-likeness (QED) is 0.810. The highest BCUT2D eigenvalue weighted by molar-refractivity contribution is 5.21. The van der Waals surface area contributed by atoms with Crippen molar-refractivity contribution >= 4 is 0 Å². The van der Waals surface area contributed by atoms with Crippen molar-refractivity contribution in [2.24, 2.45) is 0 Å². The van der Waals surface area contributed by atoms with Gasteiger partial charge in [-0.2, -0.15) is 0 Å². The number of benzene rings is 1. The molecule has 114 valence electrons. The fourth-order valence-electron chi connectivity index (χ4n) is 2.35. The van der Waals surface area contributed by atoms with Gasteiger partial charge in [0.15, 0.2) is 0 Å². The van der Waals surface area contributed by atoms with Crippen molar-refractivity contribution in [3.05, 3.63) is 35.4 Å². The van der Waals surface area contributed by atoms with E-state index in [9.17, 15) is 0 Å². The number of hydrogen-bond donors (Lipinski definition) is 1. The fraction of sp³-hybridized carbons (Fsp3) is 0.667. The SMILES string of the molecule is CCCC(CNC(C)(C)C)N(C)Cc1ccc(C)cc1. The standard InChI is InChI=1S/C18H32N2/c1-7-8-17(13-19-18(3,4)5)20(6)14-16-11-9-15(2)10-12-16/h9-12,17,19H,7-8,13-14H2,1-6H3. The van der Waals surface area contributed by atoms with Crippen LogP contribution in [0.2, 0.25) is 0 Å². The lowest BCUT2D eigenvalue weighted by atomic mass is 10.1. The molecule has 0 amide bonds. The van der Waals surface area contributed by atoms with Crippen LogP contribution in [-0.2, 0) is 6.54 Å². The van der Waals surface area contributed by atoms with E-state index in [1.807, 2.05) is 0 Å². The van der Waals surface area contributed by atoms with E-state index < -0.39 is 0 Å². The molecule has 0 fully saturated rings. The second-order valence-electron chi connectivity index (χ2n) is 6.97. The van der Waals surface area contributed by atoms with Crippen LogP contribution in [0.25, 0.3) is 0 Å². The van der Waals surface area contributed by atoms with Crippen molar-refractivity contribution in [3.63, 3.8) is 0 Å². The summed E-state index contributed by atoms with van der Waals surface area (Å²) < 4.78 is 0. The van der Waals surface area contributed by atoms with Crippen LogP contribution >= 0.6 is 0 Å². The number of likely N-dealkylation sites (N-methyl/N-ethyl adjacent to an activating group) is 1. The summed E-state index contributed by atoms with van der Waals surface area (Å²) in [7, 11) is 2.24. The third-order valence-corrected chi connectivity index (χ3v) is 3.67. The van der Waals surface area contributed by atoms with Gasteiger partial charge in [-0.25, -0.2) is 0 Å². The van der Waals surface area contributed by atoms with Gasteiger partial charge in [-0.1, -0.05) is 43.2 Å². The van der Waals surface area contributed by atoms with Crippen LogP contribution in [0.1, 0.15) is 51.7 Å². The molecule has 0 saturated heterocycles. The van der Waals surface area contributed by atoms with Crippen molar-refractivity contribution in [3.8, 4) is 0 Å². The Morgan fingerprint density at radius 2 is 1.75 bits per heavy atom. The van der Waals surface area contributed by atoms with Crippen LogP contribution in [0.15, 0.2) is 24.3 Å². The second-order valence-corrected chi connectivity index (χ2v) is 6.97. The highest BCUT2D eigenvalue weighted by Crippen LogP contribution is 2.12. The van der Waals surface area contributed by atoms with E-state index in [0.717, 1.165) is 13.1 Å². The molecule has 1 atom stereocenters. The van der Waals surface area contributed by atoms with Crippen LogP contribution < -0.4 is 5.32 Å². The Morgan fingerprint density at radius 1 is 1.15 bits per heavy atom. The fourth-order valence-corrected chi connectivity index (χ4v) is 2.35. The molecule has 0 aliphatic rings. The van der Waals surface area contributed by atoms with Crippen LogP contribution in [0.4, 0.5) is 0 Å². The van der Waals surface area contributed by atoms with E-state index in [-0.39, 0.29) is 5.54 Å². The average Bonchev–Trinajstić information content (AvgIpc) is 2.36. The van der Waals surface area contributed by atoms with Gasteiger partial charge in [0.05, 0.1) is 0 Å². The topological polar surface area (TPSA) is 15.3 Å². The summed E-state index contributed by atoms with van der Waals surface area (Å²) in [5.41, 5.74) is 2.92. The third-order valence-electron chi connectivity index (χ3n) is 3.67. The number of hydrogen-bond acceptors (Lipinski definition) is 2. The molecule has 0 radical (unpaired) electrons. The zero-order valence-electron chi connectivity index (χ0n) is 14.2. The second kappa shape index (κ2) is 7.80. The summed E-state index contributed by atoms with van der Waals surface area (Å²) in [6, 6.07) is 9.48. The van der Waals surface area contributed by atoms with Gasteiger partial charge in [0.25, 0.3) is 0 Å². The predicted molar refractivity (Wildman–Crippen MR) is 89.1 cm³/mol. The van der Waals surface area contributed by atoms with E-state index in [2.05, 4.69) is 76.1 Å². The molecule has 1 N–H and O–H groups in total. The number of nitrogens with one attached hydrogen (secondary N) is 1.